The van der Waals surface area contributed by atoms with Crippen molar-refractivity contribution >= 4 is 16.9 Å². The van der Waals surface area contributed by atoms with Gasteiger partial charge in [-0.05, 0) is 99.9 Å². The first-order valence-electron chi connectivity index (χ1n) is 9.72. The molecular weight excluding hydrogens is 338 g/mol. The minimum Gasteiger partial charge on any atom is -0.343 e. The molecule has 1 aliphatic heterocycles. The highest BCUT2D eigenvalue weighted by molar-refractivity contribution is 6.05. The molecule has 142 valence electrons. The average Bonchev–Trinajstić information content (AvgIpc) is 2.68. The van der Waals surface area contributed by atoms with Crippen LogP contribution in [0.5, 0.6) is 0 Å². The molecule has 2 aromatic carbocycles. The van der Waals surface area contributed by atoms with Crippen LogP contribution in [0.25, 0.3) is 5.57 Å². The van der Waals surface area contributed by atoms with Crippen molar-refractivity contribution in [1.82, 2.24) is 0 Å². The van der Waals surface area contributed by atoms with E-state index in [1.54, 1.807) is 0 Å². The van der Waals surface area contributed by atoms with Crippen LogP contribution in [0.15, 0.2) is 5.57 Å². The van der Waals surface area contributed by atoms with Crippen molar-refractivity contribution in [2.75, 3.05) is 11.9 Å². The molecule has 2 aromatic rings. The molecule has 0 radical (unpaired) electrons. The Kier molecular flexibility index (Phi) is 4.69. The summed E-state index contributed by atoms with van der Waals surface area (Å²) in [4.78, 5) is 2.35. The minimum absolute atomic E-state index is 0.632. The Hall–Kier alpha value is -2.90. The van der Waals surface area contributed by atoms with Crippen molar-refractivity contribution in [2.45, 2.75) is 55.4 Å². The van der Waals surface area contributed by atoms with Crippen molar-refractivity contribution in [3.8, 4) is 24.7 Å². The summed E-state index contributed by atoms with van der Waals surface area (Å²) in [5.41, 5.74) is 16.8. The molecule has 1 aliphatic rings. The second-order valence-electron chi connectivity index (χ2n) is 8.04. The van der Waals surface area contributed by atoms with Crippen LogP contribution in [0, 0.1) is 80.1 Å². The summed E-state index contributed by atoms with van der Waals surface area (Å²) in [5.74, 6) is 5.61. The Morgan fingerprint density at radius 1 is 0.571 bits per heavy atom. The van der Waals surface area contributed by atoms with Crippen molar-refractivity contribution in [2.24, 2.45) is 0 Å². The highest BCUT2D eigenvalue weighted by Crippen LogP contribution is 2.52. The van der Waals surface area contributed by atoms with Gasteiger partial charge in [0.1, 0.15) is 0 Å². The van der Waals surface area contributed by atoms with Crippen LogP contribution < -0.4 is 4.90 Å². The van der Waals surface area contributed by atoms with E-state index in [-0.39, 0.29) is 0 Å². The van der Waals surface area contributed by atoms with Gasteiger partial charge < -0.3 is 4.90 Å². The number of hydrogen-bond donors (Lipinski definition) is 0. The Morgan fingerprint density at radius 3 is 1.21 bits per heavy atom. The van der Waals surface area contributed by atoms with Gasteiger partial charge in [0, 0.05) is 23.7 Å². The van der Waals surface area contributed by atoms with E-state index in [1.807, 2.05) is 0 Å². The summed E-state index contributed by atoms with van der Waals surface area (Å²) in [6.07, 6.45) is 11.8. The van der Waals surface area contributed by atoms with Gasteiger partial charge >= 0.3 is 0 Å². The zero-order valence-corrected chi connectivity index (χ0v) is 18.6. The van der Waals surface area contributed by atoms with Crippen LogP contribution >= 0.6 is 0 Å². The van der Waals surface area contributed by atoms with E-state index in [0.717, 1.165) is 5.57 Å². The molecule has 0 spiro atoms. The molecule has 1 heteroatoms. The number of hydrogen-bond acceptors (Lipinski definition) is 1. The van der Waals surface area contributed by atoms with E-state index in [2.05, 4.69) is 79.2 Å². The van der Waals surface area contributed by atoms with Crippen LogP contribution in [0.1, 0.15) is 55.6 Å². The van der Waals surface area contributed by atoms with Gasteiger partial charge in [-0.25, -0.2) is 0 Å². The van der Waals surface area contributed by atoms with Gasteiger partial charge in [-0.1, -0.05) is 11.8 Å². The summed E-state index contributed by atoms with van der Waals surface area (Å²) < 4.78 is 0. The fourth-order valence-electron chi connectivity index (χ4n) is 4.71. The van der Waals surface area contributed by atoms with Crippen LogP contribution in [0.4, 0.5) is 11.4 Å². The van der Waals surface area contributed by atoms with Gasteiger partial charge in [0.25, 0.3) is 0 Å². The molecular formula is C27H29N. The van der Waals surface area contributed by atoms with Gasteiger partial charge in [0.2, 0.25) is 0 Å². The third-order valence-electron chi connectivity index (χ3n) is 7.02. The molecule has 0 amide bonds. The lowest BCUT2D eigenvalue weighted by atomic mass is 9.76. The van der Waals surface area contributed by atoms with Crippen molar-refractivity contribution in [3.63, 3.8) is 0 Å². The summed E-state index contributed by atoms with van der Waals surface area (Å²) >= 11 is 0. The number of benzene rings is 2. The largest absolute Gasteiger partial charge is 0.343 e. The lowest BCUT2D eigenvalue weighted by Gasteiger charge is -2.39. The lowest BCUT2D eigenvalue weighted by Crippen LogP contribution is -2.24. The average molecular weight is 368 g/mol. The van der Waals surface area contributed by atoms with Crippen molar-refractivity contribution in [3.05, 3.63) is 61.2 Å². The molecule has 28 heavy (non-hydrogen) atoms. The summed E-state index contributed by atoms with van der Waals surface area (Å²) in [7, 11) is 2.17. The van der Waals surface area contributed by atoms with Crippen molar-refractivity contribution in [1.29, 1.82) is 0 Å². The first kappa shape index (κ1) is 19.9. The molecule has 0 unspecified atom stereocenters. The molecule has 0 bridgehead atoms. The topological polar surface area (TPSA) is 3.24 Å². The third kappa shape index (κ3) is 2.36. The molecule has 0 aromatic heterocycles. The first-order valence-corrected chi connectivity index (χ1v) is 9.72. The quantitative estimate of drug-likeness (QED) is 0.494. The Balaban J connectivity index is 2.71. The van der Waals surface area contributed by atoms with E-state index in [4.69, 9.17) is 12.8 Å². The fourth-order valence-corrected chi connectivity index (χ4v) is 4.71. The molecule has 0 saturated heterocycles. The monoisotopic (exact) mass is 367 g/mol. The minimum atomic E-state index is 0.632. The number of anilines is 2. The number of nitrogens with zero attached hydrogens (tertiary/aromatic N) is 1. The molecule has 0 fully saturated rings. The summed E-state index contributed by atoms with van der Waals surface area (Å²) in [6.45, 7) is 17.6. The summed E-state index contributed by atoms with van der Waals surface area (Å²) in [6, 6.07) is 0. The molecule has 1 nitrogen and oxygen atoms in total. The van der Waals surface area contributed by atoms with E-state index in [1.165, 1.54) is 67.0 Å². The molecule has 3 rings (SSSR count). The second-order valence-corrected chi connectivity index (χ2v) is 8.04. The summed E-state index contributed by atoms with van der Waals surface area (Å²) in [5, 5.41) is 0. The predicted molar refractivity (Wildman–Crippen MR) is 123 cm³/mol. The smallest absolute Gasteiger partial charge is 0.0824 e. The number of terminal acetylenes is 2. The highest BCUT2D eigenvalue weighted by Gasteiger charge is 2.33. The zero-order chi connectivity index (χ0) is 21.1. The van der Waals surface area contributed by atoms with Crippen LogP contribution in [0.3, 0.4) is 0 Å². The van der Waals surface area contributed by atoms with Crippen molar-refractivity contribution < 1.29 is 0 Å². The van der Waals surface area contributed by atoms with E-state index < -0.39 is 0 Å². The SMILES string of the molecule is C#CC(C#C)=C1c2c(C)c(C)c(C)c(C)c2N(C)c2c(C)c(C)c(C)c(C)c21. The zero-order valence-electron chi connectivity index (χ0n) is 18.6. The van der Waals surface area contributed by atoms with E-state index >= 15 is 0 Å². The Labute approximate surface area is 170 Å². The Morgan fingerprint density at radius 2 is 0.893 bits per heavy atom. The molecule has 1 heterocycles. The maximum Gasteiger partial charge on any atom is 0.0824 e. The maximum atomic E-state index is 5.91. The van der Waals surface area contributed by atoms with E-state index in [9.17, 15) is 0 Å². The molecule has 0 N–H and O–H groups in total. The van der Waals surface area contributed by atoms with Gasteiger partial charge in [-0.15, -0.1) is 12.8 Å². The Bertz CT molecular complexity index is 1070. The van der Waals surface area contributed by atoms with Gasteiger partial charge in [0.05, 0.1) is 16.9 Å². The van der Waals surface area contributed by atoms with Gasteiger partial charge in [0.15, 0.2) is 0 Å². The van der Waals surface area contributed by atoms with E-state index in [0.29, 0.717) is 5.57 Å². The standard InChI is InChI=1S/C27H29N/c1-12-22(13-2)25-23-18(7)14(3)16(5)20(9)26(23)28(11)27-21(10)17(6)15(4)19(8)24(25)27/h1-2H,3-11H3. The fraction of sp³-hybridized carbons (Fsp3) is 0.333. The predicted octanol–water partition coefficient (Wildman–Crippen LogP) is 6.30. The highest BCUT2D eigenvalue weighted by atomic mass is 15.1. The first-order chi connectivity index (χ1) is 13.1. The second kappa shape index (κ2) is 6.61. The number of allylic oxidation sites excluding steroid dienone is 1. The molecule has 0 saturated carbocycles. The third-order valence-corrected chi connectivity index (χ3v) is 7.02. The van der Waals surface area contributed by atoms with Gasteiger partial charge in [-0.2, -0.15) is 0 Å². The van der Waals surface area contributed by atoms with Crippen LogP contribution in [-0.4, -0.2) is 7.05 Å². The molecule has 0 atom stereocenters. The number of fused-ring (bicyclic) bond motifs is 2. The van der Waals surface area contributed by atoms with Gasteiger partial charge in [-0.3, -0.25) is 0 Å². The lowest BCUT2D eigenvalue weighted by molar-refractivity contribution is 1.07. The normalized spacial score (nSPS) is 12.2. The number of rotatable bonds is 0. The maximum absolute atomic E-state index is 5.91. The van der Waals surface area contributed by atoms with Crippen LogP contribution in [0.2, 0.25) is 0 Å². The van der Waals surface area contributed by atoms with Crippen LogP contribution in [-0.2, 0) is 0 Å². The molecule has 0 aliphatic carbocycles.